The Morgan fingerprint density at radius 2 is 2.29 bits per heavy atom. The van der Waals surface area contributed by atoms with E-state index in [1.807, 2.05) is 6.07 Å². The van der Waals surface area contributed by atoms with Gasteiger partial charge in [-0.25, -0.2) is 0 Å². The van der Waals surface area contributed by atoms with Crippen molar-refractivity contribution in [3.8, 4) is 5.75 Å². The highest BCUT2D eigenvalue weighted by molar-refractivity contribution is 6.49. The molecule has 4 heteroatoms. The van der Waals surface area contributed by atoms with Crippen LogP contribution < -0.4 is 4.74 Å². The minimum Gasteiger partial charge on any atom is -0.497 e. The van der Waals surface area contributed by atoms with E-state index in [4.69, 9.17) is 9.94 Å². The van der Waals surface area contributed by atoms with Crippen molar-refractivity contribution in [2.75, 3.05) is 7.11 Å². The third-order valence-corrected chi connectivity index (χ3v) is 2.30. The van der Waals surface area contributed by atoms with E-state index in [-0.39, 0.29) is 11.5 Å². The first-order chi connectivity index (χ1) is 6.76. The summed E-state index contributed by atoms with van der Waals surface area (Å²) in [5, 5.41) is 11.5. The molecule has 0 saturated carbocycles. The molecule has 0 radical (unpaired) electrons. The van der Waals surface area contributed by atoms with Crippen molar-refractivity contribution in [2.24, 2.45) is 5.16 Å². The lowest BCUT2D eigenvalue weighted by atomic mass is 10.1. The molecular formula is C10H9NO3. The number of oxime groups is 1. The number of benzene rings is 1. The molecule has 0 bridgehead atoms. The van der Waals surface area contributed by atoms with Gasteiger partial charge < -0.3 is 9.94 Å². The molecule has 1 N–H and O–H groups in total. The summed E-state index contributed by atoms with van der Waals surface area (Å²) in [7, 11) is 1.54. The van der Waals surface area contributed by atoms with Crippen molar-refractivity contribution < 1.29 is 14.7 Å². The van der Waals surface area contributed by atoms with Crippen molar-refractivity contribution in [3.63, 3.8) is 0 Å². The Bertz CT molecular complexity index is 423. The average molecular weight is 191 g/mol. The van der Waals surface area contributed by atoms with E-state index in [2.05, 4.69) is 5.16 Å². The summed E-state index contributed by atoms with van der Waals surface area (Å²) in [6.45, 7) is 0. The Balaban J connectivity index is 2.50. The van der Waals surface area contributed by atoms with Gasteiger partial charge in [-0.15, -0.1) is 0 Å². The molecule has 0 amide bonds. The van der Waals surface area contributed by atoms with Gasteiger partial charge in [0.1, 0.15) is 11.5 Å². The predicted octanol–water partition coefficient (Wildman–Crippen LogP) is 1.26. The number of fused-ring (bicyclic) bond motifs is 1. The Labute approximate surface area is 80.8 Å². The standard InChI is InChI=1S/C10H9NO3/c1-14-7-3-2-6-4-9(11-13)10(12)8(6)5-7/h2-3,5,13H,4H2,1H3. The van der Waals surface area contributed by atoms with Crippen molar-refractivity contribution in [3.05, 3.63) is 29.3 Å². The van der Waals surface area contributed by atoms with E-state index in [1.165, 1.54) is 0 Å². The first-order valence-electron chi connectivity index (χ1n) is 4.19. The van der Waals surface area contributed by atoms with Gasteiger partial charge in [0.25, 0.3) is 0 Å². The molecule has 4 nitrogen and oxygen atoms in total. The fourth-order valence-electron chi connectivity index (χ4n) is 1.54. The summed E-state index contributed by atoms with van der Waals surface area (Å²) in [6.07, 6.45) is 0.397. The maximum atomic E-state index is 11.5. The minimum absolute atomic E-state index is 0.188. The summed E-state index contributed by atoms with van der Waals surface area (Å²) in [5.74, 6) is 0.415. The lowest BCUT2D eigenvalue weighted by Crippen LogP contribution is -2.06. The Morgan fingerprint density at radius 1 is 1.50 bits per heavy atom. The summed E-state index contributed by atoms with van der Waals surface area (Å²) < 4.78 is 5.00. The third kappa shape index (κ3) is 1.16. The van der Waals surface area contributed by atoms with Crippen LogP contribution in [0.5, 0.6) is 5.75 Å². The Hall–Kier alpha value is -1.84. The summed E-state index contributed by atoms with van der Waals surface area (Å²) in [5.41, 5.74) is 1.63. The lowest BCUT2D eigenvalue weighted by molar-refractivity contribution is 0.106. The van der Waals surface area contributed by atoms with Gasteiger partial charge in [-0.3, -0.25) is 4.79 Å². The lowest BCUT2D eigenvalue weighted by Gasteiger charge is -2.00. The van der Waals surface area contributed by atoms with Crippen LogP contribution in [0, 0.1) is 0 Å². The first-order valence-corrected chi connectivity index (χ1v) is 4.19. The van der Waals surface area contributed by atoms with Gasteiger partial charge in [0, 0.05) is 12.0 Å². The highest BCUT2D eigenvalue weighted by atomic mass is 16.5. The maximum Gasteiger partial charge on any atom is 0.211 e. The quantitative estimate of drug-likeness (QED) is 0.537. The first kappa shape index (κ1) is 8.74. The monoisotopic (exact) mass is 191 g/mol. The molecule has 1 aromatic rings. The highest BCUT2D eigenvalue weighted by Gasteiger charge is 2.27. The molecule has 0 fully saturated rings. The second-order valence-electron chi connectivity index (χ2n) is 3.08. The molecule has 2 rings (SSSR count). The summed E-state index contributed by atoms with van der Waals surface area (Å²) in [6, 6.07) is 5.26. The zero-order valence-electron chi connectivity index (χ0n) is 7.65. The third-order valence-electron chi connectivity index (χ3n) is 2.30. The summed E-state index contributed by atoms with van der Waals surface area (Å²) >= 11 is 0. The van der Waals surface area contributed by atoms with Crippen molar-refractivity contribution in [1.29, 1.82) is 0 Å². The number of hydrogen-bond acceptors (Lipinski definition) is 4. The number of nitrogens with zero attached hydrogens (tertiary/aromatic N) is 1. The molecule has 0 spiro atoms. The molecule has 0 atom stereocenters. The Morgan fingerprint density at radius 3 is 2.93 bits per heavy atom. The summed E-state index contributed by atoms with van der Waals surface area (Å²) in [4.78, 5) is 11.5. The number of carbonyl (C=O) groups excluding carboxylic acids is 1. The van der Waals surface area contributed by atoms with Gasteiger partial charge in [-0.05, 0) is 17.7 Å². The molecule has 1 aromatic carbocycles. The number of methoxy groups -OCH3 is 1. The molecule has 1 aliphatic rings. The van der Waals surface area contributed by atoms with Gasteiger partial charge in [-0.2, -0.15) is 0 Å². The molecule has 0 unspecified atom stereocenters. The van der Waals surface area contributed by atoms with Gasteiger partial charge in [0.2, 0.25) is 5.78 Å². The Kier molecular flexibility index (Phi) is 1.96. The van der Waals surface area contributed by atoms with Crippen LogP contribution in [0.2, 0.25) is 0 Å². The van der Waals surface area contributed by atoms with Crippen LogP contribution in [0.3, 0.4) is 0 Å². The van der Waals surface area contributed by atoms with E-state index in [9.17, 15) is 4.79 Å². The maximum absolute atomic E-state index is 11.5. The van der Waals surface area contributed by atoms with Gasteiger partial charge >= 0.3 is 0 Å². The molecule has 0 aromatic heterocycles. The van der Waals surface area contributed by atoms with Gasteiger partial charge in [0.15, 0.2) is 0 Å². The van der Waals surface area contributed by atoms with Crippen molar-refractivity contribution >= 4 is 11.5 Å². The second-order valence-corrected chi connectivity index (χ2v) is 3.08. The van der Waals surface area contributed by atoms with E-state index in [1.54, 1.807) is 19.2 Å². The number of ketones is 1. The van der Waals surface area contributed by atoms with Gasteiger partial charge in [-0.1, -0.05) is 11.2 Å². The van der Waals surface area contributed by atoms with Crippen LogP contribution in [-0.4, -0.2) is 23.8 Å². The molecule has 72 valence electrons. The van der Waals surface area contributed by atoms with Crippen LogP contribution >= 0.6 is 0 Å². The van der Waals surface area contributed by atoms with Crippen molar-refractivity contribution in [1.82, 2.24) is 0 Å². The number of hydrogen-bond donors (Lipinski definition) is 1. The predicted molar refractivity (Wildman–Crippen MR) is 50.3 cm³/mol. The van der Waals surface area contributed by atoms with Crippen LogP contribution in [0.4, 0.5) is 0 Å². The fourth-order valence-corrected chi connectivity index (χ4v) is 1.54. The fraction of sp³-hybridized carbons (Fsp3) is 0.200. The SMILES string of the molecule is COc1ccc2c(c1)C(=O)C(=NO)C2. The van der Waals surface area contributed by atoms with E-state index in [0.29, 0.717) is 17.7 Å². The van der Waals surface area contributed by atoms with Crippen LogP contribution in [0.15, 0.2) is 23.4 Å². The smallest absolute Gasteiger partial charge is 0.211 e. The zero-order chi connectivity index (χ0) is 10.1. The molecule has 0 saturated heterocycles. The van der Waals surface area contributed by atoms with Gasteiger partial charge in [0.05, 0.1) is 7.11 Å². The van der Waals surface area contributed by atoms with Crippen molar-refractivity contribution in [2.45, 2.75) is 6.42 Å². The van der Waals surface area contributed by atoms with Crippen LogP contribution in [0.1, 0.15) is 15.9 Å². The average Bonchev–Trinajstić information content (AvgIpc) is 2.55. The molecule has 1 aliphatic carbocycles. The normalized spacial score (nSPS) is 17.2. The number of carbonyl (C=O) groups is 1. The van der Waals surface area contributed by atoms with E-state index in [0.717, 1.165) is 5.56 Å². The largest absolute Gasteiger partial charge is 0.497 e. The zero-order valence-corrected chi connectivity index (χ0v) is 7.65. The van der Waals surface area contributed by atoms with Crippen LogP contribution in [-0.2, 0) is 6.42 Å². The van der Waals surface area contributed by atoms with E-state index >= 15 is 0 Å². The topological polar surface area (TPSA) is 58.9 Å². The minimum atomic E-state index is -0.221. The number of ether oxygens (including phenoxy) is 1. The molecule has 0 aliphatic heterocycles. The number of rotatable bonds is 1. The van der Waals surface area contributed by atoms with E-state index < -0.39 is 0 Å². The second kappa shape index (κ2) is 3.14. The highest BCUT2D eigenvalue weighted by Crippen LogP contribution is 2.24. The molecule has 0 heterocycles. The molecule has 14 heavy (non-hydrogen) atoms. The van der Waals surface area contributed by atoms with Crippen LogP contribution in [0.25, 0.3) is 0 Å². The number of Topliss-reactive ketones (excluding diaryl/α,β-unsaturated/α-hetero) is 1. The molecular weight excluding hydrogens is 182 g/mol.